The van der Waals surface area contributed by atoms with Crippen LogP contribution in [0.4, 0.5) is 4.39 Å². The van der Waals surface area contributed by atoms with Crippen molar-refractivity contribution in [3.8, 4) is 0 Å². The van der Waals surface area contributed by atoms with Crippen LogP contribution >= 0.6 is 0 Å². The van der Waals surface area contributed by atoms with Crippen molar-refractivity contribution in [2.45, 2.75) is 38.4 Å². The quantitative estimate of drug-likeness (QED) is 0.568. The van der Waals surface area contributed by atoms with E-state index >= 15 is 0 Å². The molecule has 0 radical (unpaired) electrons. The Labute approximate surface area is 55.6 Å². The predicted octanol–water partition coefficient (Wildman–Crippen LogP) is 1.49. The molecule has 1 fully saturated rings. The number of halogens is 1. The molecule has 0 aromatic carbocycles. The Hall–Kier alpha value is -0.110. The Bertz CT molecular complexity index is 85.0. The van der Waals surface area contributed by atoms with Crippen LogP contribution in [0.15, 0.2) is 0 Å². The lowest BCUT2D eigenvalue weighted by molar-refractivity contribution is 0.220. The fraction of sp³-hybridized carbons (Fsp3) is 1.00. The van der Waals surface area contributed by atoms with Gasteiger partial charge in [0.2, 0.25) is 0 Å². The van der Waals surface area contributed by atoms with Crippen LogP contribution in [0.5, 0.6) is 0 Å². The van der Waals surface area contributed by atoms with Crippen LogP contribution in [0.3, 0.4) is 0 Å². The second kappa shape index (κ2) is 3.16. The van der Waals surface area contributed by atoms with Gasteiger partial charge in [-0.25, -0.2) is 4.39 Å². The molecule has 0 amide bonds. The Morgan fingerprint density at radius 2 is 2.44 bits per heavy atom. The van der Waals surface area contributed by atoms with Gasteiger partial charge in [0.1, 0.15) is 6.17 Å². The van der Waals surface area contributed by atoms with Crippen molar-refractivity contribution in [2.75, 3.05) is 6.54 Å². The summed E-state index contributed by atoms with van der Waals surface area (Å²) < 4.78 is 12.6. The van der Waals surface area contributed by atoms with Gasteiger partial charge in [-0.2, -0.15) is 0 Å². The first kappa shape index (κ1) is 7.00. The van der Waals surface area contributed by atoms with Gasteiger partial charge < -0.3 is 5.32 Å². The predicted molar refractivity (Wildman–Crippen MR) is 36.2 cm³/mol. The lowest BCUT2D eigenvalue weighted by Gasteiger charge is -2.24. The number of hydrogen-bond acceptors (Lipinski definition) is 1. The summed E-state index contributed by atoms with van der Waals surface area (Å²) in [6, 6.07) is 0.439. The van der Waals surface area contributed by atoms with Gasteiger partial charge in [0.15, 0.2) is 0 Å². The van der Waals surface area contributed by atoms with Crippen LogP contribution in [0.1, 0.15) is 26.2 Å². The van der Waals surface area contributed by atoms with E-state index in [1.807, 2.05) is 0 Å². The SMILES string of the molecule is CCC1CC(F)CCN1. The Kier molecular flexibility index (Phi) is 2.46. The number of hydrogen-bond donors (Lipinski definition) is 1. The zero-order chi connectivity index (χ0) is 6.69. The van der Waals surface area contributed by atoms with Crippen molar-refractivity contribution < 1.29 is 4.39 Å². The van der Waals surface area contributed by atoms with Crippen molar-refractivity contribution >= 4 is 0 Å². The molecule has 0 aromatic heterocycles. The third-order valence-electron chi connectivity index (χ3n) is 1.92. The molecule has 2 atom stereocenters. The summed E-state index contributed by atoms with van der Waals surface area (Å²) in [6.45, 7) is 2.95. The molecule has 1 aliphatic rings. The van der Waals surface area contributed by atoms with Gasteiger partial charge >= 0.3 is 0 Å². The van der Waals surface area contributed by atoms with Gasteiger partial charge in [0, 0.05) is 6.04 Å². The van der Waals surface area contributed by atoms with E-state index in [4.69, 9.17) is 0 Å². The van der Waals surface area contributed by atoms with Crippen LogP contribution < -0.4 is 5.32 Å². The highest BCUT2D eigenvalue weighted by Gasteiger charge is 2.18. The smallest absolute Gasteiger partial charge is 0.103 e. The van der Waals surface area contributed by atoms with Crippen molar-refractivity contribution in [1.29, 1.82) is 0 Å². The van der Waals surface area contributed by atoms with Crippen LogP contribution in [-0.2, 0) is 0 Å². The summed E-state index contributed by atoms with van der Waals surface area (Å²) >= 11 is 0. The summed E-state index contributed by atoms with van der Waals surface area (Å²) in [4.78, 5) is 0. The van der Waals surface area contributed by atoms with Crippen molar-refractivity contribution in [3.05, 3.63) is 0 Å². The molecule has 2 unspecified atom stereocenters. The fourth-order valence-electron chi connectivity index (χ4n) is 1.26. The maximum atomic E-state index is 12.6. The molecular formula is C7H14FN. The van der Waals surface area contributed by atoms with Gasteiger partial charge in [0.05, 0.1) is 0 Å². The first-order valence-corrected chi connectivity index (χ1v) is 3.70. The monoisotopic (exact) mass is 131 g/mol. The molecule has 0 bridgehead atoms. The zero-order valence-corrected chi connectivity index (χ0v) is 5.86. The summed E-state index contributed by atoms with van der Waals surface area (Å²) in [6.07, 6.45) is 1.93. The highest BCUT2D eigenvalue weighted by molar-refractivity contribution is 4.76. The Balaban J connectivity index is 2.23. The Morgan fingerprint density at radius 1 is 1.67 bits per heavy atom. The minimum atomic E-state index is -0.545. The Morgan fingerprint density at radius 3 is 2.89 bits per heavy atom. The molecular weight excluding hydrogens is 117 g/mol. The van der Waals surface area contributed by atoms with E-state index in [0.717, 1.165) is 19.4 Å². The first-order chi connectivity index (χ1) is 4.33. The fourth-order valence-corrected chi connectivity index (χ4v) is 1.26. The lowest BCUT2D eigenvalue weighted by atomic mass is 10.0. The molecule has 54 valence electrons. The van der Waals surface area contributed by atoms with Gasteiger partial charge in [-0.1, -0.05) is 6.92 Å². The molecule has 2 heteroatoms. The highest BCUT2D eigenvalue weighted by Crippen LogP contribution is 2.13. The van der Waals surface area contributed by atoms with Crippen LogP contribution in [-0.4, -0.2) is 18.8 Å². The summed E-state index contributed by atoms with van der Waals surface area (Å²) in [5.41, 5.74) is 0. The van der Waals surface area contributed by atoms with E-state index < -0.39 is 6.17 Å². The van der Waals surface area contributed by atoms with E-state index in [2.05, 4.69) is 12.2 Å². The lowest BCUT2D eigenvalue weighted by Crippen LogP contribution is -2.38. The molecule has 1 aliphatic heterocycles. The van der Waals surface area contributed by atoms with E-state index in [9.17, 15) is 4.39 Å². The molecule has 0 aromatic rings. The minimum Gasteiger partial charge on any atom is -0.314 e. The number of piperidine rings is 1. The summed E-state index contributed by atoms with van der Waals surface area (Å²) in [7, 11) is 0. The number of rotatable bonds is 1. The van der Waals surface area contributed by atoms with E-state index in [1.165, 1.54) is 0 Å². The average Bonchev–Trinajstić information content (AvgIpc) is 1.88. The zero-order valence-electron chi connectivity index (χ0n) is 5.86. The largest absolute Gasteiger partial charge is 0.314 e. The van der Waals surface area contributed by atoms with Gasteiger partial charge in [0.25, 0.3) is 0 Å². The number of alkyl halides is 1. The normalized spacial score (nSPS) is 36.7. The summed E-state index contributed by atoms with van der Waals surface area (Å²) in [5.74, 6) is 0. The molecule has 1 N–H and O–H groups in total. The second-order valence-corrected chi connectivity index (χ2v) is 2.68. The van der Waals surface area contributed by atoms with Crippen LogP contribution in [0.25, 0.3) is 0 Å². The van der Waals surface area contributed by atoms with E-state index in [1.54, 1.807) is 0 Å². The molecule has 1 heterocycles. The molecule has 0 saturated carbocycles. The molecule has 0 aliphatic carbocycles. The van der Waals surface area contributed by atoms with Gasteiger partial charge in [-0.3, -0.25) is 0 Å². The van der Waals surface area contributed by atoms with Crippen LogP contribution in [0.2, 0.25) is 0 Å². The van der Waals surface area contributed by atoms with Crippen molar-refractivity contribution in [3.63, 3.8) is 0 Å². The maximum absolute atomic E-state index is 12.6. The molecule has 1 saturated heterocycles. The number of nitrogens with one attached hydrogen (secondary N) is 1. The average molecular weight is 131 g/mol. The molecule has 0 spiro atoms. The van der Waals surface area contributed by atoms with Gasteiger partial charge in [-0.05, 0) is 25.8 Å². The molecule has 1 nitrogen and oxygen atoms in total. The maximum Gasteiger partial charge on any atom is 0.103 e. The molecule has 1 rings (SSSR count). The minimum absolute atomic E-state index is 0.439. The van der Waals surface area contributed by atoms with E-state index in [-0.39, 0.29) is 0 Å². The van der Waals surface area contributed by atoms with Crippen LogP contribution in [0, 0.1) is 0 Å². The second-order valence-electron chi connectivity index (χ2n) is 2.68. The van der Waals surface area contributed by atoms with Gasteiger partial charge in [-0.15, -0.1) is 0 Å². The third-order valence-corrected chi connectivity index (χ3v) is 1.92. The van der Waals surface area contributed by atoms with Crippen molar-refractivity contribution in [1.82, 2.24) is 5.32 Å². The third kappa shape index (κ3) is 1.94. The summed E-state index contributed by atoms with van der Waals surface area (Å²) in [5, 5.41) is 3.26. The topological polar surface area (TPSA) is 12.0 Å². The van der Waals surface area contributed by atoms with E-state index in [0.29, 0.717) is 12.5 Å². The van der Waals surface area contributed by atoms with Crippen molar-refractivity contribution in [2.24, 2.45) is 0 Å². The standard InChI is InChI=1S/C7H14FN/c1-2-7-5-6(8)3-4-9-7/h6-7,9H,2-5H2,1H3. The molecule has 9 heavy (non-hydrogen) atoms. The first-order valence-electron chi connectivity index (χ1n) is 3.70. The highest BCUT2D eigenvalue weighted by atomic mass is 19.1.